The smallest absolute Gasteiger partial charge is 0.240 e. The Hall–Kier alpha value is -0.980. The third kappa shape index (κ3) is 4.02. The van der Waals surface area contributed by atoms with Gasteiger partial charge in [-0.3, -0.25) is 0 Å². The van der Waals surface area contributed by atoms with Gasteiger partial charge in [0.1, 0.15) is 5.82 Å². The lowest BCUT2D eigenvalue weighted by Gasteiger charge is -2.28. The van der Waals surface area contributed by atoms with Crippen LogP contribution < -0.4 is 4.72 Å². The summed E-state index contributed by atoms with van der Waals surface area (Å²) in [5.41, 5.74) is -0.00652. The highest BCUT2D eigenvalue weighted by atomic mass is 32.2. The molecule has 2 atom stereocenters. The van der Waals surface area contributed by atoms with Crippen LogP contribution in [0.15, 0.2) is 23.1 Å². The summed E-state index contributed by atoms with van der Waals surface area (Å²) in [7, 11) is -3.67. The van der Waals surface area contributed by atoms with E-state index >= 15 is 0 Å². The van der Waals surface area contributed by atoms with E-state index in [1.807, 2.05) is 0 Å². The third-order valence-corrected chi connectivity index (χ3v) is 5.70. The van der Waals surface area contributed by atoms with Gasteiger partial charge in [-0.1, -0.05) is 26.2 Å². The van der Waals surface area contributed by atoms with Crippen molar-refractivity contribution in [2.45, 2.75) is 56.6 Å². The molecule has 0 heterocycles. The molecule has 0 spiro atoms. The number of nitrogens with one attached hydrogen (secondary N) is 1. The number of sulfonamides is 1. The quantitative estimate of drug-likeness (QED) is 0.877. The van der Waals surface area contributed by atoms with Crippen molar-refractivity contribution in [1.29, 1.82) is 0 Å². The molecule has 1 aliphatic carbocycles. The predicted octanol–water partition coefficient (Wildman–Crippen LogP) is 2.57. The average Bonchev–Trinajstić information content (AvgIpc) is 2.47. The van der Waals surface area contributed by atoms with E-state index in [4.69, 9.17) is 5.11 Å². The molecule has 1 aromatic carbocycles. The van der Waals surface area contributed by atoms with Gasteiger partial charge in [-0.15, -0.1) is 0 Å². The Morgan fingerprint density at radius 2 is 2.14 bits per heavy atom. The topological polar surface area (TPSA) is 66.4 Å². The zero-order valence-corrected chi connectivity index (χ0v) is 13.0. The second-order valence-corrected chi connectivity index (χ2v) is 7.38. The van der Waals surface area contributed by atoms with Crippen molar-refractivity contribution in [3.8, 4) is 0 Å². The minimum atomic E-state index is -3.67. The molecule has 2 unspecified atom stereocenters. The first-order chi connectivity index (χ1) is 9.96. The van der Waals surface area contributed by atoms with Crippen LogP contribution in [-0.2, 0) is 16.6 Å². The van der Waals surface area contributed by atoms with Gasteiger partial charge >= 0.3 is 0 Å². The van der Waals surface area contributed by atoms with Gasteiger partial charge in [0, 0.05) is 11.6 Å². The molecule has 1 aliphatic rings. The van der Waals surface area contributed by atoms with Crippen LogP contribution in [0.25, 0.3) is 0 Å². The van der Waals surface area contributed by atoms with Crippen LogP contribution in [0, 0.1) is 11.7 Å². The Kier molecular flexibility index (Phi) is 5.35. The summed E-state index contributed by atoms with van der Waals surface area (Å²) in [5.74, 6) is -0.0344. The normalized spacial score (nSPS) is 23.2. The van der Waals surface area contributed by atoms with E-state index in [2.05, 4.69) is 11.6 Å². The molecule has 4 nitrogen and oxygen atoms in total. The van der Waals surface area contributed by atoms with E-state index in [0.29, 0.717) is 5.92 Å². The monoisotopic (exact) mass is 315 g/mol. The second-order valence-electron chi connectivity index (χ2n) is 5.67. The molecule has 1 saturated carbocycles. The molecule has 1 aromatic rings. The van der Waals surface area contributed by atoms with Crippen molar-refractivity contribution < 1.29 is 17.9 Å². The highest BCUT2D eigenvalue weighted by molar-refractivity contribution is 7.89. The fraction of sp³-hybridized carbons (Fsp3) is 0.600. The zero-order valence-electron chi connectivity index (χ0n) is 12.2. The summed E-state index contributed by atoms with van der Waals surface area (Å²) in [6, 6.07) is 3.45. The maximum atomic E-state index is 13.3. The highest BCUT2D eigenvalue weighted by Crippen LogP contribution is 2.27. The van der Waals surface area contributed by atoms with Gasteiger partial charge in [-0.05, 0) is 37.0 Å². The summed E-state index contributed by atoms with van der Waals surface area (Å²) >= 11 is 0. The number of rotatable bonds is 5. The number of hydrogen-bond acceptors (Lipinski definition) is 3. The molecule has 0 radical (unpaired) electrons. The van der Waals surface area contributed by atoms with Gasteiger partial charge in [0.2, 0.25) is 10.0 Å². The summed E-state index contributed by atoms with van der Waals surface area (Å²) in [6.45, 7) is 1.60. The van der Waals surface area contributed by atoms with Crippen LogP contribution in [0.2, 0.25) is 0 Å². The van der Waals surface area contributed by atoms with Gasteiger partial charge < -0.3 is 5.11 Å². The van der Waals surface area contributed by atoms with Gasteiger partial charge in [0.25, 0.3) is 0 Å². The SMILES string of the molecule is CCC1CCCC(NS(=O)(=O)c2ccc(F)c(CO)c2)C1. The molecule has 0 bridgehead atoms. The third-order valence-electron chi connectivity index (χ3n) is 4.18. The molecule has 2 N–H and O–H groups in total. The standard InChI is InChI=1S/C15H22FNO3S/c1-2-11-4-3-5-13(8-11)17-21(19,20)14-6-7-15(16)12(9-14)10-18/h6-7,9,11,13,17-18H,2-5,8,10H2,1H3. The maximum Gasteiger partial charge on any atom is 0.240 e. The second kappa shape index (κ2) is 6.85. The van der Waals surface area contributed by atoms with Crippen molar-refractivity contribution >= 4 is 10.0 Å². The lowest BCUT2D eigenvalue weighted by atomic mass is 9.85. The molecule has 1 fully saturated rings. The van der Waals surface area contributed by atoms with Gasteiger partial charge in [0.15, 0.2) is 0 Å². The molecule has 0 amide bonds. The van der Waals surface area contributed by atoms with E-state index < -0.39 is 22.4 Å². The summed E-state index contributed by atoms with van der Waals surface area (Å²) in [4.78, 5) is 0.00609. The van der Waals surface area contributed by atoms with Gasteiger partial charge in [0.05, 0.1) is 11.5 Å². The van der Waals surface area contributed by atoms with Crippen LogP contribution in [0.3, 0.4) is 0 Å². The van der Waals surface area contributed by atoms with E-state index in [-0.39, 0.29) is 16.5 Å². The van der Waals surface area contributed by atoms with Crippen molar-refractivity contribution in [3.05, 3.63) is 29.6 Å². The first-order valence-electron chi connectivity index (χ1n) is 7.38. The van der Waals surface area contributed by atoms with Crippen LogP contribution in [0.4, 0.5) is 4.39 Å². The minimum absolute atomic E-state index is 0.00609. The van der Waals surface area contributed by atoms with E-state index in [0.717, 1.165) is 38.2 Å². The van der Waals surface area contributed by atoms with Crippen molar-refractivity contribution in [3.63, 3.8) is 0 Å². The molecule has 0 saturated heterocycles. The first kappa shape index (κ1) is 16.4. The Bertz CT molecular complexity index is 589. The minimum Gasteiger partial charge on any atom is -0.392 e. The maximum absolute atomic E-state index is 13.3. The molecular weight excluding hydrogens is 293 g/mol. The molecule has 0 aliphatic heterocycles. The summed E-state index contributed by atoms with van der Waals surface area (Å²) in [5, 5.41) is 9.04. The summed E-state index contributed by atoms with van der Waals surface area (Å²) < 4.78 is 40.8. The largest absolute Gasteiger partial charge is 0.392 e. The van der Waals surface area contributed by atoms with E-state index in [1.165, 1.54) is 12.1 Å². The Morgan fingerprint density at radius 1 is 1.38 bits per heavy atom. The van der Waals surface area contributed by atoms with Crippen LogP contribution >= 0.6 is 0 Å². The molecular formula is C15H22FNO3S. The predicted molar refractivity (Wildman–Crippen MR) is 78.7 cm³/mol. The average molecular weight is 315 g/mol. The number of aliphatic hydroxyl groups excluding tert-OH is 1. The van der Waals surface area contributed by atoms with E-state index in [9.17, 15) is 12.8 Å². The van der Waals surface area contributed by atoms with Gasteiger partial charge in [-0.25, -0.2) is 17.5 Å². The Morgan fingerprint density at radius 3 is 2.81 bits per heavy atom. The van der Waals surface area contributed by atoms with Crippen LogP contribution in [-0.4, -0.2) is 19.6 Å². The van der Waals surface area contributed by atoms with Gasteiger partial charge in [-0.2, -0.15) is 0 Å². The number of benzene rings is 1. The van der Waals surface area contributed by atoms with Crippen molar-refractivity contribution in [1.82, 2.24) is 4.72 Å². The molecule has 118 valence electrons. The van der Waals surface area contributed by atoms with E-state index in [1.54, 1.807) is 0 Å². The Balaban J connectivity index is 2.14. The molecule has 6 heteroatoms. The summed E-state index contributed by atoms with van der Waals surface area (Å²) in [6.07, 6.45) is 4.92. The van der Waals surface area contributed by atoms with Crippen LogP contribution in [0.5, 0.6) is 0 Å². The van der Waals surface area contributed by atoms with Crippen LogP contribution in [0.1, 0.15) is 44.6 Å². The lowest BCUT2D eigenvalue weighted by molar-refractivity contribution is 0.275. The van der Waals surface area contributed by atoms with Crippen molar-refractivity contribution in [2.24, 2.45) is 5.92 Å². The number of halogens is 1. The fourth-order valence-electron chi connectivity index (χ4n) is 2.90. The Labute approximate surface area is 125 Å². The molecule has 21 heavy (non-hydrogen) atoms. The first-order valence-corrected chi connectivity index (χ1v) is 8.86. The molecule has 2 rings (SSSR count). The zero-order chi connectivity index (χ0) is 15.5. The fourth-order valence-corrected chi connectivity index (χ4v) is 4.23. The molecule has 0 aromatic heterocycles. The number of hydrogen-bond donors (Lipinski definition) is 2. The number of aliphatic hydroxyl groups is 1. The lowest BCUT2D eigenvalue weighted by Crippen LogP contribution is -2.38. The highest BCUT2D eigenvalue weighted by Gasteiger charge is 2.26. The van der Waals surface area contributed by atoms with Crippen molar-refractivity contribution in [2.75, 3.05) is 0 Å².